The molecule has 2 nitrogen and oxygen atoms in total. The summed E-state index contributed by atoms with van der Waals surface area (Å²) in [4.78, 5) is 5.04. The molecule has 1 saturated heterocycles. The van der Waals surface area contributed by atoms with Crippen molar-refractivity contribution < 1.29 is 0 Å². The van der Waals surface area contributed by atoms with Gasteiger partial charge in [0.15, 0.2) is 0 Å². The van der Waals surface area contributed by atoms with Gasteiger partial charge in [-0.3, -0.25) is 9.80 Å². The molecule has 0 aliphatic carbocycles. The highest BCUT2D eigenvalue weighted by Gasteiger charge is 2.24. The summed E-state index contributed by atoms with van der Waals surface area (Å²) in [5.74, 6) is 0. The number of hydrogen-bond donors (Lipinski definition) is 0. The molecule has 1 fully saturated rings. The Balaban J connectivity index is 2.47. The Bertz CT molecular complexity index is 201. The molecule has 1 aliphatic heterocycles. The lowest BCUT2D eigenvalue weighted by atomic mass is 10.1. The predicted octanol–water partition coefficient (Wildman–Crippen LogP) is 2.14. The van der Waals surface area contributed by atoms with Gasteiger partial charge in [0, 0.05) is 38.8 Å². The van der Waals surface area contributed by atoms with E-state index in [0.29, 0.717) is 6.04 Å². The van der Waals surface area contributed by atoms with E-state index >= 15 is 0 Å². The molecule has 1 atom stereocenters. The summed E-state index contributed by atoms with van der Waals surface area (Å²) in [7, 11) is 0. The first-order chi connectivity index (χ1) is 7.31. The molecule has 0 bridgehead atoms. The highest BCUT2D eigenvalue weighted by molar-refractivity contribution is 4.88. The molecular formula is C13H24N2. The van der Waals surface area contributed by atoms with Crippen LogP contribution in [0.5, 0.6) is 0 Å². The Labute approximate surface area is 94.3 Å². The molecule has 0 aromatic carbocycles. The summed E-state index contributed by atoms with van der Waals surface area (Å²) < 4.78 is 0. The topological polar surface area (TPSA) is 6.48 Å². The number of piperazine rings is 1. The smallest absolute Gasteiger partial charge is 0.0227 e. The fourth-order valence-corrected chi connectivity index (χ4v) is 2.32. The van der Waals surface area contributed by atoms with Crippen molar-refractivity contribution in [1.29, 1.82) is 0 Å². The summed E-state index contributed by atoms with van der Waals surface area (Å²) >= 11 is 0. The van der Waals surface area contributed by atoms with E-state index in [1.165, 1.54) is 32.5 Å². The minimum atomic E-state index is 0.710. The predicted molar refractivity (Wildman–Crippen MR) is 67.1 cm³/mol. The lowest BCUT2D eigenvalue weighted by Gasteiger charge is -2.40. The molecular weight excluding hydrogens is 184 g/mol. The standard InChI is InChI=1S/C13H24N2/c1-4-7-13-12-14(8-5-2)10-11-15(13)9-6-3/h5-6,13H,2-4,7-12H2,1H3/t13-/m1/s1. The van der Waals surface area contributed by atoms with Gasteiger partial charge < -0.3 is 0 Å². The summed E-state index contributed by atoms with van der Waals surface area (Å²) in [6.45, 7) is 15.5. The van der Waals surface area contributed by atoms with Crippen LogP contribution in [-0.2, 0) is 0 Å². The van der Waals surface area contributed by atoms with Gasteiger partial charge in [0.05, 0.1) is 0 Å². The van der Waals surface area contributed by atoms with Gasteiger partial charge in [0.1, 0.15) is 0 Å². The number of nitrogens with zero attached hydrogens (tertiary/aromatic N) is 2. The third-order valence-electron chi connectivity index (χ3n) is 3.06. The van der Waals surface area contributed by atoms with Gasteiger partial charge in [0.25, 0.3) is 0 Å². The highest BCUT2D eigenvalue weighted by Crippen LogP contribution is 2.14. The van der Waals surface area contributed by atoms with E-state index in [9.17, 15) is 0 Å². The van der Waals surface area contributed by atoms with Crippen LogP contribution in [0.15, 0.2) is 25.3 Å². The quantitative estimate of drug-likeness (QED) is 0.617. The number of hydrogen-bond acceptors (Lipinski definition) is 2. The zero-order valence-corrected chi connectivity index (χ0v) is 9.99. The Morgan fingerprint density at radius 3 is 2.53 bits per heavy atom. The van der Waals surface area contributed by atoms with E-state index in [1.807, 2.05) is 12.2 Å². The molecule has 1 aliphatic rings. The Hall–Kier alpha value is -0.600. The first-order valence-corrected chi connectivity index (χ1v) is 6.00. The summed E-state index contributed by atoms with van der Waals surface area (Å²) in [6.07, 6.45) is 6.58. The molecule has 0 unspecified atom stereocenters. The first kappa shape index (κ1) is 12.5. The lowest BCUT2D eigenvalue weighted by Crippen LogP contribution is -2.52. The third kappa shape index (κ3) is 3.80. The van der Waals surface area contributed by atoms with Crippen molar-refractivity contribution in [1.82, 2.24) is 9.80 Å². The fourth-order valence-electron chi connectivity index (χ4n) is 2.32. The van der Waals surface area contributed by atoms with Crippen molar-refractivity contribution in [2.75, 3.05) is 32.7 Å². The van der Waals surface area contributed by atoms with E-state index in [4.69, 9.17) is 0 Å². The molecule has 15 heavy (non-hydrogen) atoms. The molecule has 86 valence electrons. The molecule has 2 heteroatoms. The summed E-state index contributed by atoms with van der Waals surface area (Å²) in [6, 6.07) is 0.710. The Morgan fingerprint density at radius 2 is 1.93 bits per heavy atom. The Morgan fingerprint density at radius 1 is 1.20 bits per heavy atom. The largest absolute Gasteiger partial charge is 0.297 e. The van der Waals surface area contributed by atoms with Crippen LogP contribution in [0, 0.1) is 0 Å². The van der Waals surface area contributed by atoms with Crippen LogP contribution in [0.3, 0.4) is 0 Å². The van der Waals surface area contributed by atoms with Crippen molar-refractivity contribution in [2.24, 2.45) is 0 Å². The molecule has 0 spiro atoms. The maximum Gasteiger partial charge on any atom is 0.0227 e. The maximum absolute atomic E-state index is 3.83. The van der Waals surface area contributed by atoms with Gasteiger partial charge in [-0.1, -0.05) is 25.5 Å². The van der Waals surface area contributed by atoms with E-state index in [1.54, 1.807) is 0 Å². The zero-order valence-electron chi connectivity index (χ0n) is 9.99. The minimum absolute atomic E-state index is 0.710. The van der Waals surface area contributed by atoms with E-state index in [-0.39, 0.29) is 0 Å². The first-order valence-electron chi connectivity index (χ1n) is 6.00. The van der Waals surface area contributed by atoms with Gasteiger partial charge in [-0.25, -0.2) is 0 Å². The summed E-state index contributed by atoms with van der Waals surface area (Å²) in [5, 5.41) is 0. The third-order valence-corrected chi connectivity index (χ3v) is 3.06. The molecule has 0 saturated carbocycles. The van der Waals surface area contributed by atoms with Crippen LogP contribution >= 0.6 is 0 Å². The van der Waals surface area contributed by atoms with Crippen LogP contribution in [0.2, 0.25) is 0 Å². The van der Waals surface area contributed by atoms with Crippen molar-refractivity contribution in [3.63, 3.8) is 0 Å². The van der Waals surface area contributed by atoms with Crippen LogP contribution in [0.1, 0.15) is 19.8 Å². The van der Waals surface area contributed by atoms with E-state index in [2.05, 4.69) is 29.9 Å². The second-order valence-electron chi connectivity index (χ2n) is 4.27. The lowest BCUT2D eigenvalue weighted by molar-refractivity contribution is 0.0860. The van der Waals surface area contributed by atoms with Gasteiger partial charge >= 0.3 is 0 Å². The molecule has 0 amide bonds. The highest BCUT2D eigenvalue weighted by atomic mass is 15.3. The van der Waals surface area contributed by atoms with Crippen molar-refractivity contribution in [2.45, 2.75) is 25.8 Å². The molecule has 1 heterocycles. The van der Waals surface area contributed by atoms with Gasteiger partial charge in [-0.05, 0) is 6.42 Å². The van der Waals surface area contributed by atoms with Gasteiger partial charge in [0.2, 0.25) is 0 Å². The SMILES string of the molecule is C=CCN1CCN(CC=C)[C@H](CCC)C1. The Kier molecular flexibility index (Phi) is 5.66. The molecule has 1 rings (SSSR count). The van der Waals surface area contributed by atoms with Crippen LogP contribution in [0.25, 0.3) is 0 Å². The second-order valence-corrected chi connectivity index (χ2v) is 4.27. The fraction of sp³-hybridized carbons (Fsp3) is 0.692. The average molecular weight is 208 g/mol. The van der Waals surface area contributed by atoms with Crippen molar-refractivity contribution in [3.8, 4) is 0 Å². The maximum atomic E-state index is 3.83. The van der Waals surface area contributed by atoms with Gasteiger partial charge in [-0.2, -0.15) is 0 Å². The normalized spacial score (nSPS) is 23.9. The van der Waals surface area contributed by atoms with Crippen molar-refractivity contribution >= 4 is 0 Å². The van der Waals surface area contributed by atoms with Gasteiger partial charge in [-0.15, -0.1) is 13.2 Å². The van der Waals surface area contributed by atoms with Crippen LogP contribution in [0.4, 0.5) is 0 Å². The van der Waals surface area contributed by atoms with E-state index < -0.39 is 0 Å². The average Bonchev–Trinajstić information content (AvgIpc) is 2.23. The van der Waals surface area contributed by atoms with Crippen LogP contribution in [-0.4, -0.2) is 48.6 Å². The zero-order chi connectivity index (χ0) is 11.1. The molecule has 0 radical (unpaired) electrons. The minimum Gasteiger partial charge on any atom is -0.297 e. The van der Waals surface area contributed by atoms with E-state index in [0.717, 1.165) is 13.1 Å². The molecule has 0 aromatic rings. The summed E-state index contributed by atoms with van der Waals surface area (Å²) in [5.41, 5.74) is 0. The van der Waals surface area contributed by atoms with Crippen LogP contribution < -0.4 is 0 Å². The molecule has 0 aromatic heterocycles. The molecule has 0 N–H and O–H groups in total. The monoisotopic (exact) mass is 208 g/mol. The number of rotatable bonds is 6. The second kappa shape index (κ2) is 6.81. The van der Waals surface area contributed by atoms with Crippen molar-refractivity contribution in [3.05, 3.63) is 25.3 Å².